The first-order chi connectivity index (χ1) is 18.8. The third-order valence-corrected chi connectivity index (χ3v) is 9.49. The summed E-state index contributed by atoms with van der Waals surface area (Å²) in [5.41, 5.74) is -2.51. The van der Waals surface area contributed by atoms with Crippen molar-refractivity contribution in [1.29, 1.82) is 0 Å². The lowest BCUT2D eigenvalue weighted by atomic mass is 9.66. The first kappa shape index (κ1) is 28.7. The summed E-state index contributed by atoms with van der Waals surface area (Å²) in [6.07, 6.45) is 3.80. The zero-order valence-corrected chi connectivity index (χ0v) is 23.7. The van der Waals surface area contributed by atoms with Crippen molar-refractivity contribution >= 4 is 35.1 Å². The number of benzene rings is 1. The molecule has 3 unspecified atom stereocenters. The highest BCUT2D eigenvalue weighted by Gasteiger charge is 2.76. The summed E-state index contributed by atoms with van der Waals surface area (Å²) in [4.78, 5) is 26.6. The van der Waals surface area contributed by atoms with Crippen LogP contribution in [0, 0.1) is 22.0 Å². The Balaban J connectivity index is 1.52. The summed E-state index contributed by atoms with van der Waals surface area (Å²) in [5, 5.41) is 11.9. The van der Waals surface area contributed by atoms with Crippen LogP contribution in [0.1, 0.15) is 63.7 Å². The lowest BCUT2D eigenvalue weighted by Gasteiger charge is -2.35. The standard InChI is InChI=1S/C28H29Cl2F2NO7/c1-26(2)27(3)8-9-28(26,40-23(27)34)24(35)38-21(11-17-18(29)12-33(36)13-19(17)30)16-6-7-20(39-25(31)32)22(10-16)37-14-15-4-5-15/h6-7,10,12-13,15,21,25H,4-5,8-9,11,14H2,1-3H3. The van der Waals surface area contributed by atoms with Crippen molar-refractivity contribution in [1.82, 2.24) is 0 Å². The number of carbonyl (C=O) groups excluding carboxylic acids is 2. The predicted octanol–water partition coefficient (Wildman–Crippen LogP) is 5.97. The van der Waals surface area contributed by atoms with E-state index >= 15 is 0 Å². The second kappa shape index (κ2) is 10.2. The SMILES string of the molecule is CC12CCC(C(=O)OC(Cc3c(Cl)c[n+]([O-])cc3Cl)c3ccc(OC(F)F)c(OCC4CC4)c3)(OC1=O)C2(C)C. The Kier molecular flexibility index (Phi) is 7.32. The molecule has 0 amide bonds. The molecule has 0 spiro atoms. The molecule has 2 bridgehead atoms. The van der Waals surface area contributed by atoms with Crippen molar-refractivity contribution < 1.29 is 42.0 Å². The van der Waals surface area contributed by atoms with E-state index in [1.807, 2.05) is 0 Å². The highest BCUT2D eigenvalue weighted by atomic mass is 35.5. The van der Waals surface area contributed by atoms with Crippen LogP contribution in [0.25, 0.3) is 0 Å². The number of hydrogen-bond donors (Lipinski definition) is 0. The minimum atomic E-state index is -3.07. The second-order valence-electron chi connectivity index (χ2n) is 11.4. The van der Waals surface area contributed by atoms with Crippen LogP contribution < -0.4 is 14.2 Å². The Morgan fingerprint density at radius 2 is 1.82 bits per heavy atom. The van der Waals surface area contributed by atoms with Crippen LogP contribution >= 0.6 is 23.2 Å². The van der Waals surface area contributed by atoms with E-state index in [2.05, 4.69) is 4.74 Å². The zero-order valence-electron chi connectivity index (χ0n) is 22.2. The van der Waals surface area contributed by atoms with Gasteiger partial charge >= 0.3 is 18.6 Å². The van der Waals surface area contributed by atoms with Gasteiger partial charge in [-0.3, -0.25) is 4.79 Å². The van der Waals surface area contributed by atoms with Crippen LogP contribution in [-0.2, 0) is 25.5 Å². The Morgan fingerprint density at radius 1 is 1.15 bits per heavy atom. The van der Waals surface area contributed by atoms with Gasteiger partial charge in [-0.05, 0) is 56.2 Å². The van der Waals surface area contributed by atoms with Crippen molar-refractivity contribution in [2.75, 3.05) is 6.61 Å². The Bertz CT molecular complexity index is 1330. The number of aromatic nitrogens is 1. The third-order valence-electron chi connectivity index (χ3n) is 8.84. The highest BCUT2D eigenvalue weighted by molar-refractivity contribution is 6.35. The number of ether oxygens (including phenoxy) is 4. The molecular formula is C28H29Cl2F2NO7. The zero-order chi connectivity index (χ0) is 29.0. The van der Waals surface area contributed by atoms with Crippen LogP contribution in [-0.4, -0.2) is 30.8 Å². The fourth-order valence-corrected chi connectivity index (χ4v) is 6.19. The normalized spacial score (nSPS) is 25.6. The summed E-state index contributed by atoms with van der Waals surface area (Å²) >= 11 is 12.7. The van der Waals surface area contributed by atoms with E-state index < -0.39 is 41.1 Å². The molecule has 1 aromatic carbocycles. The lowest BCUT2D eigenvalue weighted by Crippen LogP contribution is -2.49. The van der Waals surface area contributed by atoms with Gasteiger partial charge in [-0.15, -0.1) is 0 Å². The largest absolute Gasteiger partial charge is 0.619 e. The van der Waals surface area contributed by atoms with Crippen molar-refractivity contribution in [2.45, 2.75) is 71.2 Å². The molecule has 1 aliphatic heterocycles. The number of rotatable bonds is 10. The van der Waals surface area contributed by atoms with Gasteiger partial charge in [-0.1, -0.05) is 43.1 Å². The maximum absolute atomic E-state index is 13.9. The molecule has 2 aliphatic carbocycles. The number of esters is 2. The predicted molar refractivity (Wildman–Crippen MR) is 139 cm³/mol. The van der Waals surface area contributed by atoms with Crippen molar-refractivity contribution in [3.8, 4) is 11.5 Å². The molecule has 0 radical (unpaired) electrons. The minimum Gasteiger partial charge on any atom is -0.619 e. The molecule has 8 nitrogen and oxygen atoms in total. The van der Waals surface area contributed by atoms with Gasteiger partial charge in [0.15, 0.2) is 23.9 Å². The van der Waals surface area contributed by atoms with E-state index in [0.717, 1.165) is 25.2 Å². The summed E-state index contributed by atoms with van der Waals surface area (Å²) < 4.78 is 48.9. The number of halogens is 4. The van der Waals surface area contributed by atoms with Gasteiger partial charge in [0.25, 0.3) is 0 Å². The van der Waals surface area contributed by atoms with Gasteiger partial charge in [-0.2, -0.15) is 13.5 Å². The number of pyridine rings is 1. The molecule has 216 valence electrons. The lowest BCUT2D eigenvalue weighted by molar-refractivity contribution is -0.605. The number of hydrogen-bond acceptors (Lipinski definition) is 7. The Labute approximate surface area is 240 Å². The van der Waals surface area contributed by atoms with E-state index in [4.69, 9.17) is 37.4 Å². The maximum atomic E-state index is 13.9. The number of alkyl halides is 2. The average molecular weight is 600 g/mol. The molecule has 3 fully saturated rings. The molecule has 1 aromatic heterocycles. The van der Waals surface area contributed by atoms with Gasteiger partial charge in [0.05, 0.1) is 12.0 Å². The molecular weight excluding hydrogens is 571 g/mol. The number of fused-ring (bicyclic) bond motifs is 2. The van der Waals surface area contributed by atoms with E-state index in [1.165, 1.54) is 18.2 Å². The van der Waals surface area contributed by atoms with Gasteiger partial charge < -0.3 is 24.2 Å². The summed E-state index contributed by atoms with van der Waals surface area (Å²) in [7, 11) is 0. The van der Waals surface area contributed by atoms with Gasteiger partial charge in [0.2, 0.25) is 5.60 Å². The van der Waals surface area contributed by atoms with Crippen LogP contribution in [0.15, 0.2) is 30.6 Å². The van der Waals surface area contributed by atoms with Crippen LogP contribution in [0.4, 0.5) is 8.78 Å². The van der Waals surface area contributed by atoms with Gasteiger partial charge in [0.1, 0.15) is 16.1 Å². The number of carbonyl (C=O) groups is 2. The molecule has 3 aliphatic rings. The van der Waals surface area contributed by atoms with Gasteiger partial charge in [-0.25, -0.2) is 4.79 Å². The quantitative estimate of drug-likeness (QED) is 0.188. The van der Waals surface area contributed by atoms with Crippen molar-refractivity contribution in [3.05, 3.63) is 57.0 Å². The topological polar surface area (TPSA) is 98.0 Å². The van der Waals surface area contributed by atoms with Crippen LogP contribution in [0.2, 0.25) is 10.0 Å². The molecule has 3 atom stereocenters. The third kappa shape index (κ3) is 4.83. The molecule has 1 saturated heterocycles. The summed E-state index contributed by atoms with van der Waals surface area (Å²) in [6, 6.07) is 4.26. The summed E-state index contributed by atoms with van der Waals surface area (Å²) in [5.74, 6) is -0.980. The molecule has 5 rings (SSSR count). The second-order valence-corrected chi connectivity index (χ2v) is 12.2. The summed E-state index contributed by atoms with van der Waals surface area (Å²) in [6.45, 7) is 2.64. The first-order valence-electron chi connectivity index (χ1n) is 13.0. The average Bonchev–Trinajstić information content (AvgIpc) is 3.65. The highest BCUT2D eigenvalue weighted by Crippen LogP contribution is 2.66. The van der Waals surface area contributed by atoms with Crippen molar-refractivity contribution in [3.63, 3.8) is 0 Å². The fraction of sp³-hybridized carbons (Fsp3) is 0.536. The molecule has 2 aromatic rings. The smallest absolute Gasteiger partial charge is 0.387 e. The van der Waals surface area contributed by atoms with Gasteiger partial charge in [0, 0.05) is 17.4 Å². The molecule has 40 heavy (non-hydrogen) atoms. The molecule has 12 heteroatoms. The van der Waals surface area contributed by atoms with E-state index in [1.54, 1.807) is 20.8 Å². The van der Waals surface area contributed by atoms with E-state index in [-0.39, 0.29) is 34.4 Å². The minimum absolute atomic E-state index is 0.0469. The van der Waals surface area contributed by atoms with Crippen LogP contribution in [0.5, 0.6) is 11.5 Å². The number of nitrogens with zero attached hydrogens (tertiary/aromatic N) is 1. The van der Waals surface area contributed by atoms with E-state index in [0.29, 0.717) is 34.8 Å². The molecule has 0 N–H and O–H groups in total. The Hall–Kier alpha value is -2.85. The van der Waals surface area contributed by atoms with Crippen LogP contribution in [0.3, 0.4) is 0 Å². The fourth-order valence-electron chi connectivity index (χ4n) is 5.59. The van der Waals surface area contributed by atoms with Crippen molar-refractivity contribution in [2.24, 2.45) is 16.7 Å². The maximum Gasteiger partial charge on any atom is 0.387 e. The Morgan fingerprint density at radius 3 is 2.38 bits per heavy atom. The molecule has 2 heterocycles. The monoisotopic (exact) mass is 599 g/mol. The van der Waals surface area contributed by atoms with E-state index in [9.17, 15) is 23.6 Å². The molecule has 2 saturated carbocycles. The first-order valence-corrected chi connectivity index (χ1v) is 13.8.